The summed E-state index contributed by atoms with van der Waals surface area (Å²) in [6, 6.07) is 12.4. The molecule has 3 heteroatoms. The highest BCUT2D eigenvalue weighted by molar-refractivity contribution is 6.01. The van der Waals surface area contributed by atoms with Gasteiger partial charge >= 0.3 is 6.03 Å². The third-order valence-electron chi connectivity index (χ3n) is 5.22. The quantitative estimate of drug-likeness (QED) is 0.527. The Morgan fingerprint density at radius 2 is 1.21 bits per heavy atom. The van der Waals surface area contributed by atoms with Gasteiger partial charge in [-0.2, -0.15) is 0 Å². The van der Waals surface area contributed by atoms with Crippen LogP contribution in [0.1, 0.15) is 101 Å². The zero-order valence-corrected chi connectivity index (χ0v) is 18.7. The third kappa shape index (κ3) is 5.15. The molecule has 0 heterocycles. The van der Waals surface area contributed by atoms with E-state index in [2.05, 4.69) is 96.4 Å². The molecule has 0 radical (unpaired) electrons. The van der Waals surface area contributed by atoms with Gasteiger partial charge in [0.25, 0.3) is 0 Å². The number of urea groups is 1. The SMILES string of the molecule is CC(C)c1ccc(NC(=O)Nc2c(C(C)C)cccc2C(C)C)c(C(C)C)c1. The van der Waals surface area contributed by atoms with Gasteiger partial charge in [-0.15, -0.1) is 0 Å². The van der Waals surface area contributed by atoms with E-state index in [0.29, 0.717) is 23.7 Å². The summed E-state index contributed by atoms with van der Waals surface area (Å²) >= 11 is 0. The molecule has 0 aliphatic carbocycles. The van der Waals surface area contributed by atoms with Crippen molar-refractivity contribution >= 4 is 17.4 Å². The topological polar surface area (TPSA) is 41.1 Å². The number of hydrogen-bond acceptors (Lipinski definition) is 1. The van der Waals surface area contributed by atoms with Crippen LogP contribution in [0.3, 0.4) is 0 Å². The Morgan fingerprint density at radius 1 is 0.679 bits per heavy atom. The van der Waals surface area contributed by atoms with Crippen molar-refractivity contribution in [3.05, 3.63) is 58.7 Å². The first-order valence-corrected chi connectivity index (χ1v) is 10.5. The zero-order chi connectivity index (χ0) is 21.0. The van der Waals surface area contributed by atoms with Crippen molar-refractivity contribution in [2.75, 3.05) is 10.6 Å². The molecule has 3 nitrogen and oxygen atoms in total. The highest BCUT2D eigenvalue weighted by atomic mass is 16.2. The summed E-state index contributed by atoms with van der Waals surface area (Å²) in [5, 5.41) is 6.23. The minimum atomic E-state index is -0.186. The van der Waals surface area contributed by atoms with E-state index in [4.69, 9.17) is 0 Å². The second kappa shape index (κ2) is 9.27. The average Bonchev–Trinajstić information content (AvgIpc) is 2.61. The summed E-state index contributed by atoms with van der Waals surface area (Å²) < 4.78 is 0. The Bertz CT molecular complexity index is 793. The average molecular weight is 381 g/mol. The maximum Gasteiger partial charge on any atom is 0.323 e. The van der Waals surface area contributed by atoms with Gasteiger partial charge in [0.05, 0.1) is 0 Å². The van der Waals surface area contributed by atoms with Crippen molar-refractivity contribution in [3.63, 3.8) is 0 Å². The van der Waals surface area contributed by atoms with E-state index in [0.717, 1.165) is 11.4 Å². The van der Waals surface area contributed by atoms with Crippen LogP contribution < -0.4 is 10.6 Å². The van der Waals surface area contributed by atoms with Crippen LogP contribution >= 0.6 is 0 Å². The molecular weight excluding hydrogens is 344 g/mol. The number of anilines is 2. The highest BCUT2D eigenvalue weighted by Crippen LogP contribution is 2.33. The molecule has 152 valence electrons. The molecule has 0 spiro atoms. The predicted octanol–water partition coefficient (Wildman–Crippen LogP) is 7.82. The van der Waals surface area contributed by atoms with E-state index >= 15 is 0 Å². The van der Waals surface area contributed by atoms with Crippen LogP contribution in [0.5, 0.6) is 0 Å². The molecule has 0 fully saturated rings. The number of carbonyl (C=O) groups excluding carboxylic acids is 1. The Kier molecular flexibility index (Phi) is 7.29. The third-order valence-corrected chi connectivity index (χ3v) is 5.22. The molecule has 2 amide bonds. The van der Waals surface area contributed by atoms with Crippen LogP contribution in [0.25, 0.3) is 0 Å². The van der Waals surface area contributed by atoms with E-state index < -0.39 is 0 Å². The van der Waals surface area contributed by atoms with Gasteiger partial charge in [-0.1, -0.05) is 85.7 Å². The number of amides is 2. The lowest BCUT2D eigenvalue weighted by Gasteiger charge is -2.21. The first-order chi connectivity index (χ1) is 13.1. The van der Waals surface area contributed by atoms with Gasteiger partial charge in [-0.05, 0) is 52.0 Å². The van der Waals surface area contributed by atoms with Gasteiger partial charge in [0, 0.05) is 11.4 Å². The van der Waals surface area contributed by atoms with Gasteiger partial charge in [0.2, 0.25) is 0 Å². The van der Waals surface area contributed by atoms with E-state index in [-0.39, 0.29) is 6.03 Å². The van der Waals surface area contributed by atoms with Crippen LogP contribution in [0.4, 0.5) is 16.2 Å². The minimum Gasteiger partial charge on any atom is -0.307 e. The van der Waals surface area contributed by atoms with Gasteiger partial charge in [-0.25, -0.2) is 4.79 Å². The molecule has 2 N–H and O–H groups in total. The van der Waals surface area contributed by atoms with Crippen LogP contribution in [0, 0.1) is 0 Å². The lowest BCUT2D eigenvalue weighted by molar-refractivity contribution is 0.262. The molecular formula is C25H36N2O. The van der Waals surface area contributed by atoms with Gasteiger partial charge in [0.1, 0.15) is 0 Å². The van der Waals surface area contributed by atoms with E-state index in [1.165, 1.54) is 22.3 Å². The predicted molar refractivity (Wildman–Crippen MR) is 122 cm³/mol. The summed E-state index contributed by atoms with van der Waals surface area (Å²) in [5.74, 6) is 1.48. The molecule has 0 atom stereocenters. The van der Waals surface area contributed by atoms with Crippen molar-refractivity contribution < 1.29 is 4.79 Å². The number of para-hydroxylation sites is 1. The Balaban J connectivity index is 2.33. The number of carbonyl (C=O) groups is 1. The second-order valence-corrected chi connectivity index (χ2v) is 8.86. The second-order valence-electron chi connectivity index (χ2n) is 8.86. The summed E-state index contributed by atoms with van der Waals surface area (Å²) in [5.41, 5.74) is 6.62. The molecule has 0 aliphatic rings. The van der Waals surface area contributed by atoms with Crippen LogP contribution in [-0.4, -0.2) is 6.03 Å². The first kappa shape index (κ1) is 22.0. The molecule has 0 saturated carbocycles. The van der Waals surface area contributed by atoms with Crippen molar-refractivity contribution in [1.29, 1.82) is 0 Å². The zero-order valence-electron chi connectivity index (χ0n) is 18.7. The van der Waals surface area contributed by atoms with Crippen LogP contribution in [0.2, 0.25) is 0 Å². The van der Waals surface area contributed by atoms with Crippen LogP contribution in [0.15, 0.2) is 36.4 Å². The fourth-order valence-electron chi connectivity index (χ4n) is 3.49. The molecule has 2 rings (SSSR count). The molecule has 2 aromatic rings. The maximum atomic E-state index is 12.9. The highest BCUT2D eigenvalue weighted by Gasteiger charge is 2.17. The first-order valence-electron chi connectivity index (χ1n) is 10.5. The smallest absolute Gasteiger partial charge is 0.307 e. The summed E-state index contributed by atoms with van der Waals surface area (Å²) in [6.07, 6.45) is 0. The standard InChI is InChI=1S/C25H36N2O/c1-15(2)19-12-13-23(22(14-19)18(7)8)26-25(28)27-24-20(16(3)4)10-9-11-21(24)17(5)6/h9-18H,1-8H3,(H2,26,27,28). The van der Waals surface area contributed by atoms with E-state index in [9.17, 15) is 4.79 Å². The van der Waals surface area contributed by atoms with Crippen molar-refractivity contribution in [3.8, 4) is 0 Å². The molecule has 0 aromatic heterocycles. The lowest BCUT2D eigenvalue weighted by atomic mass is 9.92. The molecule has 0 saturated heterocycles. The Hall–Kier alpha value is -2.29. The van der Waals surface area contributed by atoms with Crippen molar-refractivity contribution in [2.24, 2.45) is 0 Å². The summed E-state index contributed by atoms with van der Waals surface area (Å²) in [4.78, 5) is 12.9. The molecule has 0 unspecified atom stereocenters. The normalized spacial score (nSPS) is 11.6. The summed E-state index contributed by atoms with van der Waals surface area (Å²) in [6.45, 7) is 17.3. The van der Waals surface area contributed by atoms with Crippen molar-refractivity contribution in [1.82, 2.24) is 0 Å². The lowest BCUT2D eigenvalue weighted by Crippen LogP contribution is -2.22. The molecule has 28 heavy (non-hydrogen) atoms. The maximum absolute atomic E-state index is 12.9. The fraction of sp³-hybridized carbons (Fsp3) is 0.480. The van der Waals surface area contributed by atoms with Gasteiger partial charge in [0.15, 0.2) is 0 Å². The summed E-state index contributed by atoms with van der Waals surface area (Å²) in [7, 11) is 0. The largest absolute Gasteiger partial charge is 0.323 e. The number of nitrogens with one attached hydrogen (secondary N) is 2. The molecule has 0 bridgehead atoms. The van der Waals surface area contributed by atoms with Crippen LogP contribution in [-0.2, 0) is 0 Å². The monoisotopic (exact) mass is 380 g/mol. The van der Waals surface area contributed by atoms with E-state index in [1.54, 1.807) is 0 Å². The van der Waals surface area contributed by atoms with Crippen molar-refractivity contribution in [2.45, 2.75) is 79.1 Å². The number of hydrogen-bond donors (Lipinski definition) is 2. The fourth-order valence-corrected chi connectivity index (χ4v) is 3.49. The molecule has 0 aliphatic heterocycles. The van der Waals surface area contributed by atoms with E-state index in [1.807, 2.05) is 6.07 Å². The number of benzene rings is 2. The molecule has 2 aromatic carbocycles. The van der Waals surface area contributed by atoms with Gasteiger partial charge < -0.3 is 10.6 Å². The Labute approximate surface area is 170 Å². The Morgan fingerprint density at radius 3 is 1.68 bits per heavy atom. The minimum absolute atomic E-state index is 0.186. The number of rotatable bonds is 6. The van der Waals surface area contributed by atoms with Gasteiger partial charge in [-0.3, -0.25) is 0 Å².